The molecular weight excluding hydrogens is 517 g/mol. The van der Waals surface area contributed by atoms with E-state index in [2.05, 4.69) is 10.6 Å². The molecule has 1 spiro atoms. The number of hydrogen-bond donors (Lipinski definition) is 2. The number of amides is 5. The van der Waals surface area contributed by atoms with Crippen LogP contribution in [-0.4, -0.2) is 59.5 Å². The fraction of sp³-hybridized carbons (Fsp3) is 0.407. The number of urea groups is 1. The maximum Gasteiger partial charge on any atom is 0.418 e. The molecule has 2 aliphatic carbocycles. The van der Waals surface area contributed by atoms with E-state index < -0.39 is 54.2 Å². The van der Waals surface area contributed by atoms with Gasteiger partial charge in [0.15, 0.2) is 0 Å². The molecular formula is C27H27F3N4O5. The van der Waals surface area contributed by atoms with E-state index in [0.29, 0.717) is 46.5 Å². The number of ether oxygens (including phenoxy) is 1. The van der Waals surface area contributed by atoms with Crippen LogP contribution in [0, 0.1) is 5.92 Å². The molecule has 12 heteroatoms. The molecule has 2 atom stereocenters. The largest absolute Gasteiger partial charge is 0.427 e. The van der Waals surface area contributed by atoms with Crippen LogP contribution >= 0.6 is 0 Å². The van der Waals surface area contributed by atoms with Gasteiger partial charge in [-0.3, -0.25) is 9.59 Å². The van der Waals surface area contributed by atoms with E-state index in [1.54, 1.807) is 48.5 Å². The highest BCUT2D eigenvalue weighted by atomic mass is 19.4. The lowest BCUT2D eigenvalue weighted by molar-refractivity contribution is -0.196. The third-order valence-electron chi connectivity index (χ3n) is 7.39. The van der Waals surface area contributed by atoms with Crippen LogP contribution in [0.2, 0.25) is 0 Å². The van der Waals surface area contributed by atoms with Crippen molar-refractivity contribution in [2.24, 2.45) is 5.92 Å². The number of aryl methyl sites for hydroxylation is 1. The second-order valence-corrected chi connectivity index (χ2v) is 9.99. The number of carbonyl (C=O) groups excluding carboxylic acids is 4. The number of nitrogens with one attached hydrogen (secondary N) is 2. The quantitative estimate of drug-likeness (QED) is 0.549. The van der Waals surface area contributed by atoms with E-state index in [-0.39, 0.29) is 13.0 Å². The Morgan fingerprint density at radius 2 is 1.87 bits per heavy atom. The molecule has 5 amide bonds. The van der Waals surface area contributed by atoms with E-state index >= 15 is 0 Å². The van der Waals surface area contributed by atoms with Crippen LogP contribution in [0.15, 0.2) is 48.5 Å². The van der Waals surface area contributed by atoms with Crippen LogP contribution in [0.1, 0.15) is 36.0 Å². The molecule has 1 aliphatic heterocycles. The fourth-order valence-electron chi connectivity index (χ4n) is 5.38. The van der Waals surface area contributed by atoms with Gasteiger partial charge in [-0.1, -0.05) is 36.4 Å². The number of imide groups is 1. The van der Waals surface area contributed by atoms with Crippen LogP contribution < -0.4 is 10.6 Å². The highest BCUT2D eigenvalue weighted by Crippen LogP contribution is 2.47. The number of hydrogen-bond acceptors (Lipinski definition) is 5. The summed E-state index contributed by atoms with van der Waals surface area (Å²) >= 11 is 0. The van der Waals surface area contributed by atoms with E-state index in [0.717, 1.165) is 4.90 Å². The highest BCUT2D eigenvalue weighted by Gasteiger charge is 2.59. The zero-order valence-electron chi connectivity index (χ0n) is 21.1. The number of nitrogens with zero attached hydrogens (tertiary/aromatic N) is 2. The smallest absolute Gasteiger partial charge is 0.418 e. The summed E-state index contributed by atoms with van der Waals surface area (Å²) in [5, 5.41) is 5.06. The maximum absolute atomic E-state index is 14.1. The topological polar surface area (TPSA) is 108 Å². The summed E-state index contributed by atoms with van der Waals surface area (Å²) in [5.41, 5.74) is 0.408. The van der Waals surface area contributed by atoms with Gasteiger partial charge in [0.05, 0.1) is 0 Å². The molecule has 2 fully saturated rings. The normalized spacial score (nSPS) is 21.0. The molecule has 9 nitrogen and oxygen atoms in total. The summed E-state index contributed by atoms with van der Waals surface area (Å²) in [6, 6.07) is 10.6. The van der Waals surface area contributed by atoms with Crippen LogP contribution in [-0.2, 0) is 32.9 Å². The van der Waals surface area contributed by atoms with Gasteiger partial charge in [0.1, 0.15) is 12.6 Å². The molecule has 5 rings (SSSR count). The average molecular weight is 545 g/mol. The molecule has 206 valence electrons. The summed E-state index contributed by atoms with van der Waals surface area (Å²) in [4.78, 5) is 52.8. The standard InChI is InChI=1S/C27H27F3N4O5/c1-31-24(37)32-19-9-10-20-18(13-19)11-12-26(20)23(36)34(25(38)39-26)15-21(35)33(14-16-5-3-2-4-6-16)22(17-7-8-17)27(28,29)30/h2-6,9-10,13,17,22H,7-8,11-12,14-15H2,1H3,(H2,31,32,37)/t22-,26-/m1/s1. The first-order chi connectivity index (χ1) is 18.5. The van der Waals surface area contributed by atoms with Crippen molar-refractivity contribution in [2.75, 3.05) is 18.9 Å². The van der Waals surface area contributed by atoms with Gasteiger partial charge in [0.25, 0.3) is 5.91 Å². The Kier molecular flexibility index (Phi) is 6.73. The molecule has 39 heavy (non-hydrogen) atoms. The monoisotopic (exact) mass is 544 g/mol. The van der Waals surface area contributed by atoms with E-state index in [4.69, 9.17) is 4.74 Å². The van der Waals surface area contributed by atoms with E-state index in [1.165, 1.54) is 7.05 Å². The van der Waals surface area contributed by atoms with E-state index in [9.17, 15) is 32.3 Å². The van der Waals surface area contributed by atoms with Crippen LogP contribution in [0.3, 0.4) is 0 Å². The lowest BCUT2D eigenvalue weighted by atomic mass is 9.94. The summed E-state index contributed by atoms with van der Waals surface area (Å²) in [6.07, 6.45) is -4.61. The summed E-state index contributed by atoms with van der Waals surface area (Å²) in [6.45, 7) is -1.18. The van der Waals surface area contributed by atoms with Crippen molar-refractivity contribution < 1.29 is 37.1 Å². The van der Waals surface area contributed by atoms with Crippen molar-refractivity contribution in [3.05, 3.63) is 65.2 Å². The predicted molar refractivity (Wildman–Crippen MR) is 132 cm³/mol. The summed E-state index contributed by atoms with van der Waals surface area (Å²) in [7, 11) is 1.47. The van der Waals surface area contributed by atoms with Gasteiger partial charge in [0.2, 0.25) is 11.5 Å². The molecule has 0 aromatic heterocycles. The van der Waals surface area contributed by atoms with Gasteiger partial charge in [-0.05, 0) is 48.4 Å². The molecule has 2 aromatic rings. The predicted octanol–water partition coefficient (Wildman–Crippen LogP) is 3.93. The first-order valence-corrected chi connectivity index (χ1v) is 12.6. The number of halogens is 3. The van der Waals surface area contributed by atoms with Gasteiger partial charge in [0, 0.05) is 31.3 Å². The Bertz CT molecular complexity index is 1310. The van der Waals surface area contributed by atoms with Crippen LogP contribution in [0.4, 0.5) is 28.4 Å². The Hall–Kier alpha value is -4.09. The minimum atomic E-state index is -4.67. The van der Waals surface area contributed by atoms with Crippen LogP contribution in [0.5, 0.6) is 0 Å². The molecule has 2 aromatic carbocycles. The Morgan fingerprint density at radius 1 is 1.15 bits per heavy atom. The highest BCUT2D eigenvalue weighted by molar-refractivity contribution is 6.06. The van der Waals surface area contributed by atoms with Crippen molar-refractivity contribution in [3.8, 4) is 0 Å². The molecule has 1 saturated carbocycles. The number of alkyl halides is 3. The molecule has 0 radical (unpaired) electrons. The fourth-order valence-corrected chi connectivity index (χ4v) is 5.38. The zero-order chi connectivity index (χ0) is 27.9. The Balaban J connectivity index is 1.39. The van der Waals surface area contributed by atoms with Crippen molar-refractivity contribution in [1.29, 1.82) is 0 Å². The summed E-state index contributed by atoms with van der Waals surface area (Å²) in [5.74, 6) is -2.51. The molecule has 1 heterocycles. The van der Waals surface area contributed by atoms with Gasteiger partial charge in [-0.15, -0.1) is 0 Å². The van der Waals surface area contributed by atoms with Crippen molar-refractivity contribution in [2.45, 2.75) is 50.0 Å². The second kappa shape index (κ2) is 9.90. The van der Waals surface area contributed by atoms with Gasteiger partial charge in [-0.2, -0.15) is 13.2 Å². The Morgan fingerprint density at radius 3 is 2.51 bits per heavy atom. The lowest BCUT2D eigenvalue weighted by Gasteiger charge is -2.34. The third-order valence-corrected chi connectivity index (χ3v) is 7.39. The molecule has 0 bridgehead atoms. The molecule has 0 unspecified atom stereocenters. The van der Waals surface area contributed by atoms with Crippen molar-refractivity contribution >= 4 is 29.6 Å². The van der Waals surface area contributed by atoms with Gasteiger partial charge < -0.3 is 20.3 Å². The maximum atomic E-state index is 14.1. The number of anilines is 1. The Labute approximate surface area is 222 Å². The van der Waals surface area contributed by atoms with Crippen LogP contribution in [0.25, 0.3) is 0 Å². The average Bonchev–Trinajstić information content (AvgIpc) is 3.62. The first kappa shape index (κ1) is 26.5. The van der Waals surface area contributed by atoms with Crippen molar-refractivity contribution in [3.63, 3.8) is 0 Å². The number of carbonyl (C=O) groups is 4. The number of fused-ring (bicyclic) bond motifs is 2. The SMILES string of the molecule is CNC(=O)Nc1ccc2c(c1)CC[C@@]21OC(=O)N(CC(=O)N(Cc2ccccc2)[C@H](C2CC2)C(F)(F)F)C1=O. The van der Waals surface area contributed by atoms with E-state index in [1.807, 2.05) is 0 Å². The molecule has 3 aliphatic rings. The molecule has 1 saturated heterocycles. The number of rotatable bonds is 7. The second-order valence-electron chi connectivity index (χ2n) is 9.99. The third kappa shape index (κ3) is 5.02. The van der Waals surface area contributed by atoms with Gasteiger partial charge in [-0.25, -0.2) is 14.5 Å². The minimum absolute atomic E-state index is 0.113. The molecule has 2 N–H and O–H groups in total. The number of benzene rings is 2. The summed E-state index contributed by atoms with van der Waals surface area (Å²) < 4.78 is 47.9. The lowest BCUT2D eigenvalue weighted by Crippen LogP contribution is -2.53. The first-order valence-electron chi connectivity index (χ1n) is 12.6. The van der Waals surface area contributed by atoms with Crippen molar-refractivity contribution in [1.82, 2.24) is 15.1 Å². The van der Waals surface area contributed by atoms with Gasteiger partial charge >= 0.3 is 18.3 Å². The zero-order valence-corrected chi connectivity index (χ0v) is 21.1. The minimum Gasteiger partial charge on any atom is -0.427 e.